The largest absolute Gasteiger partial charge is 0.415 e. The summed E-state index contributed by atoms with van der Waals surface area (Å²) in [4.78, 5) is 30.9. The number of ether oxygens (including phenoxy) is 1. The van der Waals surface area contributed by atoms with Crippen molar-refractivity contribution in [1.29, 1.82) is 0 Å². The van der Waals surface area contributed by atoms with E-state index in [0.717, 1.165) is 22.6 Å². The summed E-state index contributed by atoms with van der Waals surface area (Å²) in [6.07, 6.45) is 6.78. The highest BCUT2D eigenvalue weighted by Crippen LogP contribution is 2.23. The molecule has 0 bridgehead atoms. The second-order valence-electron chi connectivity index (χ2n) is 7.63. The van der Waals surface area contributed by atoms with Crippen molar-refractivity contribution in [2.45, 2.75) is 0 Å². The van der Waals surface area contributed by atoms with Crippen LogP contribution in [0.15, 0.2) is 55.1 Å². The Morgan fingerprint density at radius 2 is 1.76 bits per heavy atom. The molecular formula is C21H20N8O4. The summed E-state index contributed by atoms with van der Waals surface area (Å²) >= 11 is 0. The highest BCUT2D eigenvalue weighted by atomic mass is 16.6. The van der Waals surface area contributed by atoms with Crippen LogP contribution in [0, 0.1) is 10.1 Å². The smallest absolute Gasteiger partial charge is 0.410 e. The van der Waals surface area contributed by atoms with Gasteiger partial charge in [-0.3, -0.25) is 14.8 Å². The van der Waals surface area contributed by atoms with Crippen LogP contribution >= 0.6 is 0 Å². The topological polar surface area (TPSA) is 124 Å². The molecule has 0 saturated carbocycles. The number of benzene rings is 1. The second kappa shape index (κ2) is 8.22. The molecule has 1 amide bonds. The molecule has 12 heteroatoms. The molecule has 1 fully saturated rings. The van der Waals surface area contributed by atoms with E-state index >= 15 is 0 Å². The van der Waals surface area contributed by atoms with Gasteiger partial charge < -0.3 is 14.5 Å². The zero-order valence-corrected chi connectivity index (χ0v) is 17.7. The van der Waals surface area contributed by atoms with Gasteiger partial charge in [-0.1, -0.05) is 0 Å². The molecule has 0 unspecified atom stereocenters. The van der Waals surface area contributed by atoms with Crippen LogP contribution < -0.4 is 9.64 Å². The number of aryl methyl sites for hydroxylation is 1. The minimum atomic E-state index is -0.500. The van der Waals surface area contributed by atoms with Crippen LogP contribution in [0.3, 0.4) is 0 Å². The van der Waals surface area contributed by atoms with Gasteiger partial charge in [0.15, 0.2) is 11.5 Å². The molecule has 0 N–H and O–H groups in total. The number of aromatic nitrogens is 5. The van der Waals surface area contributed by atoms with Gasteiger partial charge in [-0.15, -0.1) is 0 Å². The third-order valence-electron chi connectivity index (χ3n) is 5.50. The second-order valence-corrected chi connectivity index (χ2v) is 7.63. The number of nitro benzene ring substituents is 1. The number of amides is 1. The number of hydrogen-bond acceptors (Lipinski definition) is 8. The molecule has 4 heterocycles. The molecule has 1 aliphatic heterocycles. The number of fused-ring (bicyclic) bond motifs is 1. The van der Waals surface area contributed by atoms with Crippen molar-refractivity contribution in [2.24, 2.45) is 7.05 Å². The van der Waals surface area contributed by atoms with Crippen LogP contribution in [0.5, 0.6) is 5.75 Å². The highest BCUT2D eigenvalue weighted by Gasteiger charge is 2.25. The number of nitro groups is 1. The fraction of sp³-hybridized carbons (Fsp3) is 0.238. The Morgan fingerprint density at radius 3 is 2.42 bits per heavy atom. The van der Waals surface area contributed by atoms with Crippen molar-refractivity contribution < 1.29 is 14.5 Å². The van der Waals surface area contributed by atoms with Crippen molar-refractivity contribution in [1.82, 2.24) is 29.3 Å². The number of hydrogen-bond donors (Lipinski definition) is 0. The number of piperazine rings is 1. The van der Waals surface area contributed by atoms with Gasteiger partial charge in [-0.2, -0.15) is 14.7 Å². The summed E-state index contributed by atoms with van der Waals surface area (Å²) in [6, 6.07) is 7.40. The lowest BCUT2D eigenvalue weighted by molar-refractivity contribution is -0.384. The minimum Gasteiger partial charge on any atom is -0.410 e. The summed E-state index contributed by atoms with van der Waals surface area (Å²) in [7, 11) is 1.87. The molecule has 33 heavy (non-hydrogen) atoms. The lowest BCUT2D eigenvalue weighted by atomic mass is 10.2. The highest BCUT2D eigenvalue weighted by molar-refractivity contribution is 5.71. The quantitative estimate of drug-likeness (QED) is 0.344. The van der Waals surface area contributed by atoms with Crippen LogP contribution in [-0.4, -0.2) is 66.5 Å². The van der Waals surface area contributed by atoms with E-state index in [1.165, 1.54) is 24.3 Å². The first kappa shape index (κ1) is 20.4. The average Bonchev–Trinajstić information content (AvgIpc) is 3.45. The number of rotatable bonds is 4. The molecule has 4 aromatic rings. The third-order valence-corrected chi connectivity index (χ3v) is 5.50. The van der Waals surface area contributed by atoms with Crippen molar-refractivity contribution in [2.75, 3.05) is 31.1 Å². The SMILES string of the molecule is Cn1cc(-c2cnn3c(N4CCN(C(=O)Oc5ccc([N+](=O)[O-])cc5)CC4)cnc3c2)cn1. The van der Waals surface area contributed by atoms with Crippen LogP contribution in [0.1, 0.15) is 0 Å². The van der Waals surface area contributed by atoms with Gasteiger partial charge in [0.25, 0.3) is 5.69 Å². The van der Waals surface area contributed by atoms with E-state index in [1.807, 2.05) is 19.3 Å². The molecule has 0 aliphatic carbocycles. The fourth-order valence-corrected chi connectivity index (χ4v) is 3.73. The molecule has 0 spiro atoms. The maximum Gasteiger partial charge on any atom is 0.415 e. The monoisotopic (exact) mass is 448 g/mol. The number of imidazole rings is 1. The van der Waals surface area contributed by atoms with Crippen molar-refractivity contribution in [3.05, 3.63) is 65.2 Å². The Balaban J connectivity index is 1.23. The Kier molecular flexibility index (Phi) is 5.09. The molecule has 1 aromatic carbocycles. The molecular weight excluding hydrogens is 428 g/mol. The first-order valence-corrected chi connectivity index (χ1v) is 10.3. The number of carbonyl (C=O) groups is 1. The van der Waals surface area contributed by atoms with Crippen molar-refractivity contribution in [3.63, 3.8) is 0 Å². The third kappa shape index (κ3) is 4.05. The zero-order valence-electron chi connectivity index (χ0n) is 17.7. The van der Waals surface area contributed by atoms with Crippen molar-refractivity contribution >= 4 is 23.2 Å². The molecule has 1 saturated heterocycles. The summed E-state index contributed by atoms with van der Waals surface area (Å²) in [5.74, 6) is 1.12. The number of anilines is 1. The molecule has 5 rings (SSSR count). The van der Waals surface area contributed by atoms with E-state index < -0.39 is 11.0 Å². The average molecular weight is 448 g/mol. The molecule has 168 valence electrons. The van der Waals surface area contributed by atoms with Gasteiger partial charge in [-0.25, -0.2) is 9.78 Å². The Bertz CT molecular complexity index is 1320. The van der Waals surface area contributed by atoms with Crippen LogP contribution in [0.25, 0.3) is 16.8 Å². The Morgan fingerprint density at radius 1 is 1.03 bits per heavy atom. The van der Waals surface area contributed by atoms with Gasteiger partial charge in [0.1, 0.15) is 5.75 Å². The van der Waals surface area contributed by atoms with Crippen molar-refractivity contribution in [3.8, 4) is 16.9 Å². The van der Waals surface area contributed by atoms with Gasteiger partial charge in [0.05, 0.1) is 23.5 Å². The summed E-state index contributed by atoms with van der Waals surface area (Å²) < 4.78 is 8.87. The van der Waals surface area contributed by atoms with E-state index in [-0.39, 0.29) is 11.4 Å². The molecule has 3 aromatic heterocycles. The van der Waals surface area contributed by atoms with Gasteiger partial charge in [-0.05, 0) is 18.2 Å². The summed E-state index contributed by atoms with van der Waals surface area (Å²) in [6.45, 7) is 2.12. The van der Waals surface area contributed by atoms with Gasteiger partial charge in [0.2, 0.25) is 0 Å². The predicted molar refractivity (Wildman–Crippen MR) is 118 cm³/mol. The summed E-state index contributed by atoms with van der Waals surface area (Å²) in [5.41, 5.74) is 2.58. The van der Waals surface area contributed by atoms with Crippen LogP contribution in [0.2, 0.25) is 0 Å². The lowest BCUT2D eigenvalue weighted by Crippen LogP contribution is -2.50. The first-order chi connectivity index (χ1) is 16.0. The van der Waals surface area contributed by atoms with E-state index in [4.69, 9.17) is 4.74 Å². The first-order valence-electron chi connectivity index (χ1n) is 10.3. The molecule has 12 nitrogen and oxygen atoms in total. The Labute approximate surface area is 187 Å². The minimum absolute atomic E-state index is 0.0578. The molecule has 0 radical (unpaired) electrons. The lowest BCUT2D eigenvalue weighted by Gasteiger charge is -2.34. The number of carbonyl (C=O) groups excluding carboxylic acids is 1. The molecule has 0 atom stereocenters. The normalized spacial score (nSPS) is 14.0. The van der Waals surface area contributed by atoms with Gasteiger partial charge >= 0.3 is 6.09 Å². The van der Waals surface area contributed by atoms with E-state index in [9.17, 15) is 14.9 Å². The summed E-state index contributed by atoms with van der Waals surface area (Å²) in [5, 5.41) is 19.5. The van der Waals surface area contributed by atoms with E-state index in [0.29, 0.717) is 26.2 Å². The molecule has 1 aliphatic rings. The van der Waals surface area contributed by atoms with Gasteiger partial charge in [0, 0.05) is 62.7 Å². The Hall–Kier alpha value is -4.48. The maximum absolute atomic E-state index is 12.5. The van der Waals surface area contributed by atoms with E-state index in [1.54, 1.807) is 32.7 Å². The number of non-ortho nitro benzene ring substituents is 1. The van der Waals surface area contributed by atoms with Crippen LogP contribution in [0.4, 0.5) is 16.3 Å². The number of nitrogens with zero attached hydrogens (tertiary/aromatic N) is 8. The fourth-order valence-electron chi connectivity index (χ4n) is 3.73. The standard InChI is InChI=1S/C21H20N8O4/c1-25-14-16(12-23-25)15-10-19-22-13-20(28(19)24-11-15)26-6-8-27(9-7-26)21(30)33-18-4-2-17(3-5-18)29(31)32/h2-5,10-14H,6-9H2,1H3. The predicted octanol–water partition coefficient (Wildman–Crippen LogP) is 2.36. The van der Waals surface area contributed by atoms with Crippen LogP contribution in [-0.2, 0) is 7.05 Å². The maximum atomic E-state index is 12.5. The van der Waals surface area contributed by atoms with E-state index in [2.05, 4.69) is 20.1 Å². The zero-order chi connectivity index (χ0) is 22.9.